The van der Waals surface area contributed by atoms with Gasteiger partial charge in [-0.2, -0.15) is 0 Å². The van der Waals surface area contributed by atoms with Crippen LogP contribution in [0.5, 0.6) is 0 Å². The van der Waals surface area contributed by atoms with E-state index in [0.717, 1.165) is 0 Å². The second-order valence-electron chi connectivity index (χ2n) is 4.64. The number of amides is 4. The van der Waals surface area contributed by atoms with Gasteiger partial charge < -0.3 is 0 Å². The number of alkyl halides is 2. The number of piperidine rings is 1. The summed E-state index contributed by atoms with van der Waals surface area (Å²) in [6.45, 7) is 0. The molecule has 1 aromatic rings. The molecular formula is C12H8F2N2O4S. The lowest BCUT2D eigenvalue weighted by Crippen LogP contribution is -2.54. The molecule has 1 fully saturated rings. The van der Waals surface area contributed by atoms with E-state index in [1.54, 1.807) is 0 Å². The first-order valence-corrected chi connectivity index (χ1v) is 6.91. The summed E-state index contributed by atoms with van der Waals surface area (Å²) in [5.74, 6) is -2.92. The Morgan fingerprint density at radius 1 is 1.24 bits per heavy atom. The lowest BCUT2D eigenvalue weighted by atomic mass is 10.0. The molecule has 0 spiro atoms. The Morgan fingerprint density at radius 3 is 2.57 bits per heavy atom. The van der Waals surface area contributed by atoms with E-state index in [1.807, 2.05) is 5.32 Å². The molecule has 3 heterocycles. The maximum absolute atomic E-state index is 12.9. The minimum atomic E-state index is -2.86. The SMILES string of the molecule is O=C1CCC(N2C(=O)c3csc(C(F)F)c3C2=O)C(=O)N1. The van der Waals surface area contributed by atoms with Crippen molar-refractivity contribution < 1.29 is 28.0 Å². The van der Waals surface area contributed by atoms with Gasteiger partial charge in [-0.15, -0.1) is 11.3 Å². The van der Waals surface area contributed by atoms with Gasteiger partial charge in [0.2, 0.25) is 11.8 Å². The van der Waals surface area contributed by atoms with Gasteiger partial charge in [-0.25, -0.2) is 8.78 Å². The highest BCUT2D eigenvalue weighted by Gasteiger charge is 2.47. The fourth-order valence-electron chi connectivity index (χ4n) is 2.47. The van der Waals surface area contributed by atoms with Gasteiger partial charge in [0, 0.05) is 11.8 Å². The minimum absolute atomic E-state index is 0.000137. The van der Waals surface area contributed by atoms with Crippen molar-refractivity contribution in [2.24, 2.45) is 0 Å². The Hall–Kier alpha value is -2.16. The van der Waals surface area contributed by atoms with Crippen LogP contribution in [0.2, 0.25) is 0 Å². The number of hydrogen-bond acceptors (Lipinski definition) is 5. The highest BCUT2D eigenvalue weighted by molar-refractivity contribution is 7.10. The van der Waals surface area contributed by atoms with Crippen molar-refractivity contribution in [1.29, 1.82) is 0 Å². The molecule has 1 N–H and O–H groups in total. The normalized spacial score (nSPS) is 22.0. The molecular weight excluding hydrogens is 306 g/mol. The summed E-state index contributed by atoms with van der Waals surface area (Å²) in [5.41, 5.74) is -0.435. The van der Waals surface area contributed by atoms with Gasteiger partial charge in [0.1, 0.15) is 6.04 Å². The summed E-state index contributed by atoms with van der Waals surface area (Å²) in [6, 6.07) is -1.13. The number of fused-ring (bicyclic) bond motifs is 1. The summed E-state index contributed by atoms with van der Waals surface area (Å²) in [5, 5.41) is 3.23. The van der Waals surface area contributed by atoms with Crippen LogP contribution < -0.4 is 5.32 Å². The maximum atomic E-state index is 12.9. The lowest BCUT2D eigenvalue weighted by Gasteiger charge is -2.28. The summed E-state index contributed by atoms with van der Waals surface area (Å²) >= 11 is 0.644. The van der Waals surface area contributed by atoms with E-state index in [1.165, 1.54) is 5.38 Å². The van der Waals surface area contributed by atoms with Crippen molar-refractivity contribution in [3.05, 3.63) is 21.4 Å². The van der Waals surface area contributed by atoms with Crippen molar-refractivity contribution in [1.82, 2.24) is 10.2 Å². The average Bonchev–Trinajstić information content (AvgIpc) is 2.93. The molecule has 3 rings (SSSR count). The number of hydrogen-bond donors (Lipinski definition) is 1. The fraction of sp³-hybridized carbons (Fsp3) is 0.333. The highest BCUT2D eigenvalue weighted by Crippen LogP contribution is 2.38. The third-order valence-electron chi connectivity index (χ3n) is 3.42. The van der Waals surface area contributed by atoms with Crippen LogP contribution in [0, 0.1) is 0 Å². The van der Waals surface area contributed by atoms with Crippen LogP contribution in [0.3, 0.4) is 0 Å². The number of imide groups is 2. The van der Waals surface area contributed by atoms with Crippen molar-refractivity contribution >= 4 is 35.0 Å². The predicted molar refractivity (Wildman–Crippen MR) is 65.9 cm³/mol. The van der Waals surface area contributed by atoms with Crippen LogP contribution in [-0.2, 0) is 9.59 Å². The Bertz CT molecular complexity index is 685. The molecule has 1 unspecified atom stereocenters. The van der Waals surface area contributed by atoms with Gasteiger partial charge in [-0.1, -0.05) is 0 Å². The molecule has 1 atom stereocenters. The van der Waals surface area contributed by atoms with E-state index in [4.69, 9.17) is 0 Å². The molecule has 110 valence electrons. The third kappa shape index (κ3) is 1.96. The Morgan fingerprint density at radius 2 is 1.95 bits per heavy atom. The molecule has 4 amide bonds. The molecule has 0 aliphatic carbocycles. The zero-order chi connectivity index (χ0) is 15.3. The number of nitrogens with one attached hydrogen (secondary N) is 1. The molecule has 6 nitrogen and oxygen atoms in total. The molecule has 0 aromatic carbocycles. The third-order valence-corrected chi connectivity index (χ3v) is 4.41. The van der Waals surface area contributed by atoms with Crippen molar-refractivity contribution in [2.45, 2.75) is 25.3 Å². The average molecular weight is 314 g/mol. The van der Waals surface area contributed by atoms with E-state index < -0.39 is 41.0 Å². The van der Waals surface area contributed by atoms with Gasteiger partial charge in [-0.3, -0.25) is 29.4 Å². The number of halogens is 2. The zero-order valence-electron chi connectivity index (χ0n) is 10.4. The van der Waals surface area contributed by atoms with Crippen LogP contribution in [0.4, 0.5) is 8.78 Å². The maximum Gasteiger partial charge on any atom is 0.273 e. The molecule has 21 heavy (non-hydrogen) atoms. The van der Waals surface area contributed by atoms with Crippen LogP contribution in [-0.4, -0.2) is 34.6 Å². The van der Waals surface area contributed by atoms with E-state index in [0.29, 0.717) is 16.2 Å². The highest BCUT2D eigenvalue weighted by atomic mass is 32.1. The first-order chi connectivity index (χ1) is 9.91. The Kier molecular flexibility index (Phi) is 3.08. The van der Waals surface area contributed by atoms with Crippen LogP contribution in [0.1, 0.15) is 44.9 Å². The fourth-order valence-corrected chi connectivity index (χ4v) is 3.35. The topological polar surface area (TPSA) is 83.6 Å². The summed E-state index contributed by atoms with van der Waals surface area (Å²) < 4.78 is 25.7. The van der Waals surface area contributed by atoms with Gasteiger partial charge in [0.05, 0.1) is 16.0 Å². The van der Waals surface area contributed by atoms with Gasteiger partial charge in [0.25, 0.3) is 18.2 Å². The van der Waals surface area contributed by atoms with Gasteiger partial charge in [0.15, 0.2) is 0 Å². The van der Waals surface area contributed by atoms with Crippen LogP contribution in [0.25, 0.3) is 0 Å². The monoisotopic (exact) mass is 314 g/mol. The second-order valence-corrected chi connectivity index (χ2v) is 5.55. The van der Waals surface area contributed by atoms with Crippen molar-refractivity contribution in [3.8, 4) is 0 Å². The smallest absolute Gasteiger partial charge is 0.273 e. The van der Waals surface area contributed by atoms with E-state index in [9.17, 15) is 28.0 Å². The minimum Gasteiger partial charge on any atom is -0.295 e. The molecule has 0 saturated carbocycles. The largest absolute Gasteiger partial charge is 0.295 e. The Labute approximate surface area is 120 Å². The number of carbonyl (C=O) groups is 4. The lowest BCUT2D eigenvalue weighted by molar-refractivity contribution is -0.136. The van der Waals surface area contributed by atoms with E-state index in [2.05, 4.69) is 0 Å². The number of rotatable bonds is 2. The van der Waals surface area contributed by atoms with E-state index >= 15 is 0 Å². The van der Waals surface area contributed by atoms with Crippen LogP contribution >= 0.6 is 11.3 Å². The molecule has 0 radical (unpaired) electrons. The van der Waals surface area contributed by atoms with Crippen molar-refractivity contribution in [2.75, 3.05) is 0 Å². The molecule has 2 aliphatic rings. The quantitative estimate of drug-likeness (QED) is 0.828. The van der Waals surface area contributed by atoms with Gasteiger partial charge >= 0.3 is 0 Å². The molecule has 9 heteroatoms. The standard InChI is InChI=1S/C12H8F2N2O4S/c13-9(14)8-7-4(3-21-8)11(19)16(12(7)20)5-1-2-6(17)15-10(5)18/h3,5,9H,1-2H2,(H,15,17,18). The molecule has 0 bridgehead atoms. The number of carbonyl (C=O) groups excluding carboxylic acids is 4. The molecule has 2 aliphatic heterocycles. The molecule has 1 saturated heterocycles. The number of nitrogens with zero attached hydrogens (tertiary/aromatic N) is 1. The summed E-state index contributed by atoms with van der Waals surface area (Å²) in [7, 11) is 0. The van der Waals surface area contributed by atoms with Gasteiger partial charge in [-0.05, 0) is 6.42 Å². The first-order valence-electron chi connectivity index (χ1n) is 6.03. The van der Waals surface area contributed by atoms with Crippen molar-refractivity contribution in [3.63, 3.8) is 0 Å². The first kappa shape index (κ1) is 13.8. The van der Waals surface area contributed by atoms with Crippen LogP contribution in [0.15, 0.2) is 5.38 Å². The predicted octanol–water partition coefficient (Wildman–Crippen LogP) is 1.09. The summed E-state index contributed by atoms with van der Waals surface area (Å²) in [6.07, 6.45) is -2.88. The number of thiophene rings is 1. The zero-order valence-corrected chi connectivity index (χ0v) is 11.2. The summed E-state index contributed by atoms with van der Waals surface area (Å²) in [4.78, 5) is 47.4. The Balaban J connectivity index is 1.97. The van der Waals surface area contributed by atoms with E-state index in [-0.39, 0.29) is 24.0 Å². The molecule has 1 aromatic heterocycles. The second kappa shape index (κ2) is 4.69.